The number of hydrogen-bond acceptors (Lipinski definition) is 4. The largest absolute Gasteiger partial charge is 0.477 e. The Kier molecular flexibility index (Phi) is 5.89. The number of aryl methyl sites for hydroxylation is 1. The maximum atomic E-state index is 13.0. The van der Waals surface area contributed by atoms with Gasteiger partial charge in [-0.15, -0.1) is 0 Å². The van der Waals surface area contributed by atoms with Crippen molar-refractivity contribution in [3.63, 3.8) is 0 Å². The lowest BCUT2D eigenvalue weighted by Gasteiger charge is -2.32. The number of amides is 1. The zero-order valence-corrected chi connectivity index (χ0v) is 16.7. The third kappa shape index (κ3) is 5.02. The molecule has 29 heavy (non-hydrogen) atoms. The van der Waals surface area contributed by atoms with Crippen LogP contribution in [0.15, 0.2) is 61.2 Å². The van der Waals surface area contributed by atoms with Crippen LogP contribution in [0.25, 0.3) is 0 Å². The Balaban J connectivity index is 1.33. The van der Waals surface area contributed by atoms with Crippen molar-refractivity contribution in [2.24, 2.45) is 5.92 Å². The molecule has 0 bridgehead atoms. The second kappa shape index (κ2) is 8.90. The number of benzene rings is 1. The molecule has 1 fully saturated rings. The van der Waals surface area contributed by atoms with Crippen LogP contribution in [0.4, 0.5) is 0 Å². The van der Waals surface area contributed by atoms with E-state index in [-0.39, 0.29) is 5.91 Å². The number of hydrogen-bond donors (Lipinski definition) is 0. The molecule has 150 valence electrons. The van der Waals surface area contributed by atoms with Gasteiger partial charge in [0.15, 0.2) is 0 Å². The number of imidazole rings is 1. The molecule has 3 aromatic rings. The third-order valence-electron chi connectivity index (χ3n) is 5.26. The predicted octanol–water partition coefficient (Wildman–Crippen LogP) is 3.57. The second-order valence-corrected chi connectivity index (χ2v) is 7.62. The fourth-order valence-electron chi connectivity index (χ4n) is 3.71. The molecular weight excluding hydrogens is 364 g/mol. The smallest absolute Gasteiger partial charge is 0.253 e. The maximum Gasteiger partial charge on any atom is 0.253 e. The number of ether oxygens (including phenoxy) is 1. The molecule has 1 aliphatic heterocycles. The number of likely N-dealkylation sites (tertiary alicyclic amines) is 1. The minimum atomic E-state index is 0.0950. The Hall–Kier alpha value is -3.15. The van der Waals surface area contributed by atoms with Crippen LogP contribution in [0.5, 0.6) is 5.88 Å². The maximum absolute atomic E-state index is 13.0. The molecule has 6 nitrogen and oxygen atoms in total. The van der Waals surface area contributed by atoms with E-state index in [1.807, 2.05) is 65.1 Å². The zero-order chi connectivity index (χ0) is 20.1. The van der Waals surface area contributed by atoms with Gasteiger partial charge >= 0.3 is 0 Å². The summed E-state index contributed by atoms with van der Waals surface area (Å²) < 4.78 is 7.88. The quantitative estimate of drug-likeness (QED) is 0.646. The van der Waals surface area contributed by atoms with Crippen LogP contribution in [-0.4, -0.2) is 45.0 Å². The Morgan fingerprint density at radius 1 is 1.21 bits per heavy atom. The van der Waals surface area contributed by atoms with Crippen LogP contribution in [0.2, 0.25) is 0 Å². The normalized spacial score (nSPS) is 16.6. The van der Waals surface area contributed by atoms with E-state index in [1.165, 1.54) is 0 Å². The molecule has 0 N–H and O–H groups in total. The summed E-state index contributed by atoms with van der Waals surface area (Å²) >= 11 is 0. The Morgan fingerprint density at radius 2 is 2.07 bits per heavy atom. The molecule has 6 heteroatoms. The summed E-state index contributed by atoms with van der Waals surface area (Å²) in [7, 11) is 0. The van der Waals surface area contributed by atoms with E-state index in [1.54, 1.807) is 12.5 Å². The Morgan fingerprint density at radius 3 is 2.83 bits per heavy atom. The molecule has 2 aromatic heterocycles. The molecule has 0 spiro atoms. The molecule has 1 saturated heterocycles. The van der Waals surface area contributed by atoms with Crippen molar-refractivity contribution < 1.29 is 9.53 Å². The average Bonchev–Trinajstić information content (AvgIpc) is 3.26. The molecule has 0 saturated carbocycles. The van der Waals surface area contributed by atoms with Gasteiger partial charge in [-0.2, -0.15) is 0 Å². The van der Waals surface area contributed by atoms with Gasteiger partial charge in [-0.05, 0) is 43.5 Å². The van der Waals surface area contributed by atoms with Gasteiger partial charge in [0.05, 0.1) is 12.9 Å². The van der Waals surface area contributed by atoms with Crippen LogP contribution in [0.3, 0.4) is 0 Å². The molecule has 1 atom stereocenters. The van der Waals surface area contributed by atoms with Gasteiger partial charge in [0, 0.05) is 55.3 Å². The minimum absolute atomic E-state index is 0.0950. The van der Waals surface area contributed by atoms with Crippen LogP contribution in [0, 0.1) is 12.8 Å². The third-order valence-corrected chi connectivity index (χ3v) is 5.26. The summed E-state index contributed by atoms with van der Waals surface area (Å²) in [6.07, 6.45) is 7.56. The highest BCUT2D eigenvalue weighted by atomic mass is 16.5. The van der Waals surface area contributed by atoms with E-state index in [2.05, 4.69) is 9.97 Å². The minimum Gasteiger partial charge on any atom is -0.477 e. The molecule has 1 amide bonds. The number of carbonyl (C=O) groups is 1. The zero-order valence-electron chi connectivity index (χ0n) is 16.7. The lowest BCUT2D eigenvalue weighted by atomic mass is 9.98. The first-order chi connectivity index (χ1) is 14.2. The van der Waals surface area contributed by atoms with E-state index in [0.717, 1.165) is 49.3 Å². The fraction of sp³-hybridized carbons (Fsp3) is 0.348. The van der Waals surface area contributed by atoms with Crippen LogP contribution < -0.4 is 4.74 Å². The summed E-state index contributed by atoms with van der Waals surface area (Å²) in [4.78, 5) is 23.3. The van der Waals surface area contributed by atoms with E-state index in [4.69, 9.17) is 4.74 Å². The Labute approximate surface area is 171 Å². The molecule has 1 aromatic carbocycles. The molecular formula is C23H26N4O2. The summed E-state index contributed by atoms with van der Waals surface area (Å²) in [6, 6.07) is 13.7. The monoisotopic (exact) mass is 390 g/mol. The summed E-state index contributed by atoms with van der Waals surface area (Å²) in [5, 5.41) is 0. The number of piperidine rings is 1. The topological polar surface area (TPSA) is 60.2 Å². The predicted molar refractivity (Wildman–Crippen MR) is 111 cm³/mol. The summed E-state index contributed by atoms with van der Waals surface area (Å²) in [5.41, 5.74) is 2.83. The number of nitrogens with zero attached hydrogens (tertiary/aromatic N) is 4. The van der Waals surface area contributed by atoms with Gasteiger partial charge in [-0.1, -0.05) is 18.2 Å². The standard InChI is InChI=1S/C23H26N4O2/c1-18-4-2-6-22(25-18)29-16-20-5-3-12-27(15-20)23(28)21-9-7-19(8-10-21)14-26-13-11-24-17-26/h2,4,6-11,13,17,20H,3,5,12,14-16H2,1H3. The van der Waals surface area contributed by atoms with Crippen molar-refractivity contribution in [3.05, 3.63) is 78.0 Å². The number of carbonyl (C=O) groups excluding carboxylic acids is 1. The van der Waals surface area contributed by atoms with Crippen molar-refractivity contribution in [2.75, 3.05) is 19.7 Å². The lowest BCUT2D eigenvalue weighted by Crippen LogP contribution is -2.41. The van der Waals surface area contributed by atoms with Crippen LogP contribution in [0.1, 0.15) is 34.5 Å². The lowest BCUT2D eigenvalue weighted by molar-refractivity contribution is 0.0631. The van der Waals surface area contributed by atoms with Gasteiger partial charge in [-0.3, -0.25) is 4.79 Å². The van der Waals surface area contributed by atoms with Gasteiger partial charge < -0.3 is 14.2 Å². The number of rotatable bonds is 6. The SMILES string of the molecule is Cc1cccc(OCC2CCCN(C(=O)c3ccc(Cn4ccnc4)cc3)C2)n1. The van der Waals surface area contributed by atoms with Crippen molar-refractivity contribution in [3.8, 4) is 5.88 Å². The average molecular weight is 390 g/mol. The highest BCUT2D eigenvalue weighted by molar-refractivity contribution is 5.94. The van der Waals surface area contributed by atoms with Crippen molar-refractivity contribution in [2.45, 2.75) is 26.3 Å². The van der Waals surface area contributed by atoms with Crippen molar-refractivity contribution >= 4 is 5.91 Å². The van der Waals surface area contributed by atoms with Gasteiger partial charge in [0.25, 0.3) is 5.91 Å². The fourth-order valence-corrected chi connectivity index (χ4v) is 3.71. The van der Waals surface area contributed by atoms with Gasteiger partial charge in [0.2, 0.25) is 5.88 Å². The van der Waals surface area contributed by atoms with Crippen molar-refractivity contribution in [1.82, 2.24) is 19.4 Å². The molecule has 4 rings (SSSR count). The van der Waals surface area contributed by atoms with E-state index < -0.39 is 0 Å². The first-order valence-corrected chi connectivity index (χ1v) is 10.1. The van der Waals surface area contributed by atoms with E-state index in [0.29, 0.717) is 18.4 Å². The van der Waals surface area contributed by atoms with Crippen LogP contribution >= 0.6 is 0 Å². The number of aromatic nitrogens is 3. The summed E-state index contributed by atoms with van der Waals surface area (Å²) in [5.74, 6) is 1.08. The molecule has 1 aliphatic rings. The second-order valence-electron chi connectivity index (χ2n) is 7.62. The molecule has 0 radical (unpaired) electrons. The molecule has 3 heterocycles. The van der Waals surface area contributed by atoms with E-state index in [9.17, 15) is 4.79 Å². The van der Waals surface area contributed by atoms with Crippen LogP contribution in [-0.2, 0) is 6.54 Å². The Bertz CT molecular complexity index is 938. The highest BCUT2D eigenvalue weighted by Gasteiger charge is 2.25. The van der Waals surface area contributed by atoms with Gasteiger partial charge in [0.1, 0.15) is 0 Å². The first kappa shape index (κ1) is 19.2. The molecule has 1 unspecified atom stereocenters. The highest BCUT2D eigenvalue weighted by Crippen LogP contribution is 2.20. The number of pyridine rings is 1. The molecule has 0 aliphatic carbocycles. The summed E-state index contributed by atoms with van der Waals surface area (Å²) in [6.45, 7) is 4.82. The van der Waals surface area contributed by atoms with Gasteiger partial charge in [-0.25, -0.2) is 9.97 Å². The first-order valence-electron chi connectivity index (χ1n) is 10.1. The van der Waals surface area contributed by atoms with E-state index >= 15 is 0 Å². The van der Waals surface area contributed by atoms with Crippen molar-refractivity contribution in [1.29, 1.82) is 0 Å².